The Bertz CT molecular complexity index is 1010. The zero-order valence-electron chi connectivity index (χ0n) is 19.3. The maximum absolute atomic E-state index is 9.17. The van der Waals surface area contributed by atoms with Crippen molar-refractivity contribution in [2.75, 3.05) is 6.61 Å². The van der Waals surface area contributed by atoms with Crippen LogP contribution in [0.4, 0.5) is 0 Å². The van der Waals surface area contributed by atoms with Gasteiger partial charge in [0.2, 0.25) is 0 Å². The van der Waals surface area contributed by atoms with E-state index in [9.17, 15) is 0 Å². The Morgan fingerprint density at radius 3 is 1.62 bits per heavy atom. The van der Waals surface area contributed by atoms with Gasteiger partial charge in [0.15, 0.2) is 0 Å². The largest absolute Gasteiger partial charge is 0.374 e. The van der Waals surface area contributed by atoms with Crippen molar-refractivity contribution in [3.8, 4) is 6.07 Å². The van der Waals surface area contributed by atoms with E-state index >= 15 is 0 Å². The second-order valence-corrected chi connectivity index (χ2v) is 8.43. The molecular weight excluding hydrogens is 426 g/mol. The SMILES string of the molecule is N#CCC[C@H]1O[C@H](COCc2ccccc2)[C@@H](OCc2ccccc2)[C@@H]1OCc1ccccc1. The summed E-state index contributed by atoms with van der Waals surface area (Å²) in [6, 6.07) is 32.5. The molecule has 5 nitrogen and oxygen atoms in total. The van der Waals surface area contributed by atoms with Gasteiger partial charge in [0.25, 0.3) is 0 Å². The molecule has 3 aromatic carbocycles. The number of benzene rings is 3. The summed E-state index contributed by atoms with van der Waals surface area (Å²) in [5.41, 5.74) is 3.29. The number of nitrogens with zero attached hydrogens (tertiary/aromatic N) is 1. The first kappa shape index (κ1) is 24.1. The van der Waals surface area contributed by atoms with E-state index in [2.05, 4.69) is 6.07 Å². The lowest BCUT2D eigenvalue weighted by atomic mass is 10.0. The highest BCUT2D eigenvalue weighted by Gasteiger charge is 2.46. The van der Waals surface area contributed by atoms with Crippen LogP contribution >= 0.6 is 0 Å². The third-order valence-electron chi connectivity index (χ3n) is 5.91. The van der Waals surface area contributed by atoms with Crippen LogP contribution in [0.2, 0.25) is 0 Å². The summed E-state index contributed by atoms with van der Waals surface area (Å²) >= 11 is 0. The molecule has 1 aliphatic heterocycles. The molecular formula is C29H31NO4. The maximum atomic E-state index is 9.17. The highest BCUT2D eigenvalue weighted by atomic mass is 16.6. The lowest BCUT2D eigenvalue weighted by Gasteiger charge is -2.25. The Morgan fingerprint density at radius 2 is 1.12 bits per heavy atom. The molecule has 0 bridgehead atoms. The highest BCUT2D eigenvalue weighted by Crippen LogP contribution is 2.31. The fourth-order valence-corrected chi connectivity index (χ4v) is 4.18. The topological polar surface area (TPSA) is 60.7 Å². The molecule has 0 aliphatic carbocycles. The van der Waals surface area contributed by atoms with Crippen LogP contribution in [-0.4, -0.2) is 31.0 Å². The van der Waals surface area contributed by atoms with Crippen molar-refractivity contribution in [2.45, 2.75) is 57.1 Å². The molecule has 34 heavy (non-hydrogen) atoms. The monoisotopic (exact) mass is 457 g/mol. The van der Waals surface area contributed by atoms with Gasteiger partial charge < -0.3 is 18.9 Å². The average Bonchev–Trinajstić information content (AvgIpc) is 3.22. The number of rotatable bonds is 12. The zero-order valence-corrected chi connectivity index (χ0v) is 19.3. The summed E-state index contributed by atoms with van der Waals surface area (Å²) in [6.07, 6.45) is -0.104. The van der Waals surface area contributed by atoms with Gasteiger partial charge in [-0.3, -0.25) is 0 Å². The van der Waals surface area contributed by atoms with E-state index in [0.29, 0.717) is 39.3 Å². The van der Waals surface area contributed by atoms with Crippen LogP contribution in [-0.2, 0) is 38.8 Å². The van der Waals surface area contributed by atoms with Crippen molar-refractivity contribution in [1.29, 1.82) is 5.26 Å². The molecule has 1 saturated heterocycles. The van der Waals surface area contributed by atoms with Crippen LogP contribution in [0.25, 0.3) is 0 Å². The van der Waals surface area contributed by atoms with Crippen LogP contribution in [0.3, 0.4) is 0 Å². The number of ether oxygens (including phenoxy) is 4. The zero-order chi connectivity index (χ0) is 23.4. The van der Waals surface area contributed by atoms with Gasteiger partial charge in [-0.05, 0) is 23.1 Å². The number of nitriles is 1. The first-order chi connectivity index (χ1) is 16.8. The van der Waals surface area contributed by atoms with Gasteiger partial charge in [0.1, 0.15) is 18.3 Å². The molecule has 0 N–H and O–H groups in total. The number of hydrogen-bond donors (Lipinski definition) is 0. The van der Waals surface area contributed by atoms with E-state index in [1.807, 2.05) is 91.0 Å². The fourth-order valence-electron chi connectivity index (χ4n) is 4.18. The second kappa shape index (κ2) is 13.0. The quantitative estimate of drug-likeness (QED) is 0.362. The minimum Gasteiger partial charge on any atom is -0.374 e. The van der Waals surface area contributed by atoms with Gasteiger partial charge >= 0.3 is 0 Å². The summed E-state index contributed by atoms with van der Waals surface area (Å²) in [5, 5.41) is 9.17. The molecule has 0 radical (unpaired) electrons. The van der Waals surface area contributed by atoms with Gasteiger partial charge in [0.05, 0.1) is 38.6 Å². The van der Waals surface area contributed by atoms with Gasteiger partial charge in [0, 0.05) is 6.42 Å². The summed E-state index contributed by atoms with van der Waals surface area (Å²) in [7, 11) is 0. The van der Waals surface area contributed by atoms with E-state index in [1.54, 1.807) is 0 Å². The molecule has 0 amide bonds. The molecule has 3 aromatic rings. The fraction of sp³-hybridized carbons (Fsp3) is 0.345. The molecule has 1 fully saturated rings. The minimum atomic E-state index is -0.302. The lowest BCUT2D eigenvalue weighted by molar-refractivity contribution is -0.0898. The van der Waals surface area contributed by atoms with Crippen molar-refractivity contribution >= 4 is 0 Å². The summed E-state index contributed by atoms with van der Waals surface area (Å²) in [5.74, 6) is 0. The van der Waals surface area contributed by atoms with E-state index in [4.69, 9.17) is 24.2 Å². The Kier molecular flexibility index (Phi) is 9.24. The number of hydrogen-bond acceptors (Lipinski definition) is 5. The summed E-state index contributed by atoms with van der Waals surface area (Å²) < 4.78 is 25.2. The van der Waals surface area contributed by atoms with E-state index in [-0.39, 0.29) is 24.4 Å². The smallest absolute Gasteiger partial charge is 0.115 e. The van der Waals surface area contributed by atoms with Gasteiger partial charge in [-0.2, -0.15) is 5.26 Å². The normalized spacial score (nSPS) is 21.9. The Hall–Kier alpha value is -3.01. The third kappa shape index (κ3) is 6.99. The molecule has 176 valence electrons. The van der Waals surface area contributed by atoms with Crippen LogP contribution in [0.15, 0.2) is 91.0 Å². The Morgan fingerprint density at radius 1 is 0.647 bits per heavy atom. The Labute approximate surface area is 201 Å². The molecule has 0 spiro atoms. The van der Waals surface area contributed by atoms with E-state index in [0.717, 1.165) is 16.7 Å². The highest BCUT2D eigenvalue weighted by molar-refractivity contribution is 5.15. The third-order valence-corrected chi connectivity index (χ3v) is 5.91. The van der Waals surface area contributed by atoms with Crippen LogP contribution in [0.5, 0.6) is 0 Å². The molecule has 0 unspecified atom stereocenters. The molecule has 1 heterocycles. The predicted octanol–water partition coefficient (Wildman–Crippen LogP) is 5.45. The van der Waals surface area contributed by atoms with E-state index < -0.39 is 0 Å². The van der Waals surface area contributed by atoms with Crippen molar-refractivity contribution in [1.82, 2.24) is 0 Å². The molecule has 5 heteroatoms. The average molecular weight is 458 g/mol. The second-order valence-electron chi connectivity index (χ2n) is 8.43. The van der Waals surface area contributed by atoms with Crippen molar-refractivity contribution in [2.24, 2.45) is 0 Å². The molecule has 4 rings (SSSR count). The lowest BCUT2D eigenvalue weighted by Crippen LogP contribution is -2.39. The summed E-state index contributed by atoms with van der Waals surface area (Å²) in [4.78, 5) is 0. The standard InChI is InChI=1S/C29H31NO4/c30-18-10-17-26-28(32-20-24-13-6-2-7-14-24)29(33-21-25-15-8-3-9-16-25)27(34-26)22-31-19-23-11-4-1-5-12-23/h1-9,11-16,26-29H,10,17,19-22H2/t26-,27-,28-,29-/m1/s1. The van der Waals surface area contributed by atoms with E-state index in [1.165, 1.54) is 0 Å². The molecule has 0 saturated carbocycles. The first-order valence-electron chi connectivity index (χ1n) is 11.8. The maximum Gasteiger partial charge on any atom is 0.115 e. The van der Waals surface area contributed by atoms with Gasteiger partial charge in [-0.15, -0.1) is 0 Å². The molecule has 4 atom stereocenters. The molecule has 0 aromatic heterocycles. The first-order valence-corrected chi connectivity index (χ1v) is 11.8. The van der Waals surface area contributed by atoms with Crippen LogP contribution < -0.4 is 0 Å². The molecule has 1 aliphatic rings. The van der Waals surface area contributed by atoms with Gasteiger partial charge in [-0.1, -0.05) is 91.0 Å². The van der Waals surface area contributed by atoms with Crippen molar-refractivity contribution in [3.63, 3.8) is 0 Å². The predicted molar refractivity (Wildman–Crippen MR) is 130 cm³/mol. The summed E-state index contributed by atoms with van der Waals surface area (Å²) in [6.45, 7) is 1.81. The van der Waals surface area contributed by atoms with Crippen molar-refractivity contribution < 1.29 is 18.9 Å². The van der Waals surface area contributed by atoms with Crippen LogP contribution in [0.1, 0.15) is 29.5 Å². The minimum absolute atomic E-state index is 0.227. The Balaban J connectivity index is 1.46. The van der Waals surface area contributed by atoms with Crippen LogP contribution in [0, 0.1) is 11.3 Å². The van der Waals surface area contributed by atoms with Crippen molar-refractivity contribution in [3.05, 3.63) is 108 Å². The van der Waals surface area contributed by atoms with Gasteiger partial charge in [-0.25, -0.2) is 0 Å².